The van der Waals surface area contributed by atoms with Crippen molar-refractivity contribution < 1.29 is 9.90 Å². The van der Waals surface area contributed by atoms with Crippen LogP contribution < -0.4 is 0 Å². The molecule has 0 amide bonds. The van der Waals surface area contributed by atoms with E-state index in [1.54, 1.807) is 18.3 Å². The van der Waals surface area contributed by atoms with E-state index < -0.39 is 5.97 Å². The molecule has 1 N–H and O–H groups in total. The van der Waals surface area contributed by atoms with Gasteiger partial charge in [-0.15, -0.1) is 0 Å². The van der Waals surface area contributed by atoms with Gasteiger partial charge >= 0.3 is 5.97 Å². The van der Waals surface area contributed by atoms with Crippen LogP contribution in [0.1, 0.15) is 27.2 Å². The summed E-state index contributed by atoms with van der Waals surface area (Å²) >= 11 is 16.1. The fourth-order valence-electron chi connectivity index (χ4n) is 3.80. The highest BCUT2D eigenvalue weighted by Crippen LogP contribution is 2.41. The summed E-state index contributed by atoms with van der Waals surface area (Å²) in [5.74, 6) is -0.994. The number of pyridine rings is 1. The zero-order chi connectivity index (χ0) is 22.8. The van der Waals surface area contributed by atoms with Crippen LogP contribution in [0.3, 0.4) is 0 Å². The van der Waals surface area contributed by atoms with Gasteiger partial charge in [-0.2, -0.15) is 0 Å². The number of halogens is 3. The summed E-state index contributed by atoms with van der Waals surface area (Å²) in [4.78, 5) is 16.9. The number of carbonyl (C=O) groups is 1. The molecule has 0 saturated heterocycles. The van der Waals surface area contributed by atoms with E-state index in [1.165, 1.54) is 0 Å². The van der Waals surface area contributed by atoms with Crippen molar-refractivity contribution in [2.24, 2.45) is 0 Å². The first-order valence-electron chi connectivity index (χ1n) is 9.86. The lowest BCUT2D eigenvalue weighted by atomic mass is 9.86. The molecule has 0 saturated carbocycles. The zero-order valence-corrected chi connectivity index (χ0v) is 20.2. The number of carboxylic acids is 1. The fourth-order valence-corrected chi connectivity index (χ4v) is 4.57. The third-order valence-corrected chi connectivity index (χ3v) is 6.43. The van der Waals surface area contributed by atoms with Crippen LogP contribution in [0.15, 0.2) is 77.4 Å². The van der Waals surface area contributed by atoms with Crippen molar-refractivity contribution in [3.8, 4) is 22.3 Å². The van der Waals surface area contributed by atoms with Crippen LogP contribution in [0, 0.1) is 6.92 Å². The third-order valence-electron chi connectivity index (χ3n) is 5.36. The van der Waals surface area contributed by atoms with Crippen LogP contribution in [0.25, 0.3) is 22.3 Å². The Labute approximate surface area is 204 Å². The Morgan fingerprint density at radius 1 is 0.969 bits per heavy atom. The Bertz CT molecular complexity index is 1320. The van der Waals surface area contributed by atoms with Gasteiger partial charge in [-0.1, -0.05) is 75.5 Å². The van der Waals surface area contributed by atoms with Gasteiger partial charge < -0.3 is 5.11 Å². The van der Waals surface area contributed by atoms with Crippen molar-refractivity contribution >= 4 is 45.1 Å². The molecule has 0 aliphatic heterocycles. The molecule has 0 radical (unpaired) electrons. The van der Waals surface area contributed by atoms with E-state index in [4.69, 9.17) is 23.2 Å². The van der Waals surface area contributed by atoms with E-state index in [9.17, 15) is 9.90 Å². The Hall–Kier alpha value is -2.66. The van der Waals surface area contributed by atoms with Crippen LogP contribution in [0.4, 0.5) is 0 Å². The Kier molecular flexibility index (Phi) is 6.66. The maximum Gasteiger partial charge on any atom is 0.336 e. The van der Waals surface area contributed by atoms with Crippen LogP contribution in [0.5, 0.6) is 0 Å². The van der Waals surface area contributed by atoms with Crippen molar-refractivity contribution in [1.29, 1.82) is 0 Å². The van der Waals surface area contributed by atoms with Gasteiger partial charge in [-0.05, 0) is 59.5 Å². The smallest absolute Gasteiger partial charge is 0.336 e. The van der Waals surface area contributed by atoms with E-state index >= 15 is 0 Å². The molecule has 0 spiro atoms. The van der Waals surface area contributed by atoms with Crippen LogP contribution >= 0.6 is 39.1 Å². The highest BCUT2D eigenvalue weighted by atomic mass is 79.9. The second-order valence-electron chi connectivity index (χ2n) is 7.38. The molecule has 0 aliphatic carbocycles. The van der Waals surface area contributed by atoms with Gasteiger partial charge in [0.2, 0.25) is 0 Å². The van der Waals surface area contributed by atoms with Crippen LogP contribution in [-0.4, -0.2) is 16.1 Å². The monoisotopic (exact) mass is 525 g/mol. The van der Waals surface area contributed by atoms with Crippen molar-refractivity contribution in [2.45, 2.75) is 13.3 Å². The van der Waals surface area contributed by atoms with Crippen LogP contribution in [-0.2, 0) is 6.42 Å². The van der Waals surface area contributed by atoms with Crippen LogP contribution in [0.2, 0.25) is 10.0 Å². The molecule has 0 unspecified atom stereocenters. The normalized spacial score (nSPS) is 10.9. The lowest BCUT2D eigenvalue weighted by molar-refractivity contribution is 0.0696. The summed E-state index contributed by atoms with van der Waals surface area (Å²) in [5, 5.41) is 11.3. The van der Waals surface area contributed by atoms with Crippen molar-refractivity contribution in [2.75, 3.05) is 0 Å². The largest absolute Gasteiger partial charge is 0.478 e. The van der Waals surface area contributed by atoms with Gasteiger partial charge in [0.05, 0.1) is 5.56 Å². The average Bonchev–Trinajstić information content (AvgIpc) is 2.76. The zero-order valence-electron chi connectivity index (χ0n) is 17.1. The number of aryl methyl sites for hydroxylation is 1. The molecule has 0 bridgehead atoms. The first-order valence-corrected chi connectivity index (χ1v) is 11.4. The Balaban J connectivity index is 2.01. The lowest BCUT2D eigenvalue weighted by Gasteiger charge is -2.19. The second kappa shape index (κ2) is 9.45. The number of benzene rings is 3. The maximum absolute atomic E-state index is 12.6. The molecule has 6 heteroatoms. The summed E-state index contributed by atoms with van der Waals surface area (Å²) in [6.45, 7) is 1.92. The van der Waals surface area contributed by atoms with Gasteiger partial charge in [0.25, 0.3) is 0 Å². The quantitative estimate of drug-likeness (QED) is 0.286. The second-order valence-corrected chi connectivity index (χ2v) is 9.14. The standard InChI is InChI=1S/C26H18BrCl2NO2/c1-15-17(3-2-12-30-15)13-18-6-10-22(21-11-9-20(28)14-23(21)29)24(25(18)26(31)32)16-4-7-19(27)8-5-16/h2-12,14H,13H2,1H3,(H,31,32). The molecule has 1 aromatic heterocycles. The van der Waals surface area contributed by atoms with Gasteiger partial charge in [-0.3, -0.25) is 4.98 Å². The minimum absolute atomic E-state index is 0.249. The molecule has 32 heavy (non-hydrogen) atoms. The summed E-state index contributed by atoms with van der Waals surface area (Å²) in [5.41, 5.74) is 5.68. The van der Waals surface area contributed by atoms with Gasteiger partial charge in [0, 0.05) is 44.0 Å². The number of hydrogen-bond acceptors (Lipinski definition) is 2. The minimum Gasteiger partial charge on any atom is -0.478 e. The van der Waals surface area contributed by atoms with E-state index in [-0.39, 0.29) is 5.56 Å². The number of hydrogen-bond donors (Lipinski definition) is 1. The molecular formula is C26H18BrCl2NO2. The van der Waals surface area contributed by atoms with E-state index in [1.807, 2.05) is 61.5 Å². The van der Waals surface area contributed by atoms with Crippen molar-refractivity contribution in [1.82, 2.24) is 4.98 Å². The summed E-state index contributed by atoms with van der Waals surface area (Å²) in [6, 6.07) is 20.4. The highest BCUT2D eigenvalue weighted by molar-refractivity contribution is 9.10. The minimum atomic E-state index is -0.994. The number of rotatable bonds is 5. The fraction of sp³-hybridized carbons (Fsp3) is 0.0769. The van der Waals surface area contributed by atoms with Crippen molar-refractivity contribution in [3.63, 3.8) is 0 Å². The topological polar surface area (TPSA) is 50.2 Å². The van der Waals surface area contributed by atoms with Crippen molar-refractivity contribution in [3.05, 3.63) is 110 Å². The number of carboxylic acid groups (broad SMARTS) is 1. The number of nitrogens with zero attached hydrogens (tertiary/aromatic N) is 1. The predicted molar refractivity (Wildman–Crippen MR) is 134 cm³/mol. The molecule has 0 atom stereocenters. The molecule has 0 fully saturated rings. The summed E-state index contributed by atoms with van der Waals surface area (Å²) in [7, 11) is 0. The first-order chi connectivity index (χ1) is 15.3. The lowest BCUT2D eigenvalue weighted by Crippen LogP contribution is -2.08. The van der Waals surface area contributed by atoms with E-state index in [0.29, 0.717) is 27.6 Å². The summed E-state index contributed by atoms with van der Waals surface area (Å²) < 4.78 is 0.909. The van der Waals surface area contributed by atoms with Gasteiger partial charge in [-0.25, -0.2) is 4.79 Å². The molecule has 1 heterocycles. The number of aromatic carboxylic acids is 1. The predicted octanol–water partition coefficient (Wildman–Crippen LogP) is 8.08. The van der Waals surface area contributed by atoms with Gasteiger partial charge in [0.15, 0.2) is 0 Å². The molecule has 160 valence electrons. The molecule has 4 aromatic rings. The Morgan fingerprint density at radius 2 is 1.69 bits per heavy atom. The molecular weight excluding hydrogens is 509 g/mol. The third kappa shape index (κ3) is 4.58. The first kappa shape index (κ1) is 22.5. The molecule has 0 aliphatic rings. The van der Waals surface area contributed by atoms with E-state index in [2.05, 4.69) is 20.9 Å². The molecule has 3 nitrogen and oxygen atoms in total. The molecule has 4 rings (SSSR count). The van der Waals surface area contributed by atoms with Gasteiger partial charge in [0.1, 0.15) is 0 Å². The number of aromatic nitrogens is 1. The highest BCUT2D eigenvalue weighted by Gasteiger charge is 2.23. The SMILES string of the molecule is Cc1ncccc1Cc1ccc(-c2ccc(Cl)cc2Cl)c(-c2ccc(Br)cc2)c1C(=O)O. The van der Waals surface area contributed by atoms with E-state index in [0.717, 1.165) is 32.4 Å². The molecule has 3 aromatic carbocycles. The Morgan fingerprint density at radius 3 is 2.34 bits per heavy atom. The average molecular weight is 527 g/mol. The summed E-state index contributed by atoms with van der Waals surface area (Å²) in [6.07, 6.45) is 2.19. The maximum atomic E-state index is 12.6.